The van der Waals surface area contributed by atoms with E-state index >= 15 is 0 Å². The van der Waals surface area contributed by atoms with Crippen molar-refractivity contribution < 1.29 is 14.3 Å². The summed E-state index contributed by atoms with van der Waals surface area (Å²) in [5.41, 5.74) is 6.24. The number of rotatable bonds is 8. The number of nitrogens with one attached hydrogen (secondary N) is 3. The van der Waals surface area contributed by atoms with E-state index in [0.29, 0.717) is 16.6 Å². The maximum atomic E-state index is 12.1. The Morgan fingerprint density at radius 2 is 1.69 bits per heavy atom. The van der Waals surface area contributed by atoms with Crippen LogP contribution in [0.4, 0.5) is 11.4 Å². The van der Waals surface area contributed by atoms with Crippen molar-refractivity contribution in [1.82, 2.24) is 5.43 Å². The maximum Gasteiger partial charge on any atom is 0.262 e. The third-order valence-corrected chi connectivity index (χ3v) is 4.49. The summed E-state index contributed by atoms with van der Waals surface area (Å²) < 4.78 is 11.0. The molecular weight excluding hydrogens is 424 g/mol. The van der Waals surface area contributed by atoms with Gasteiger partial charge in [0, 0.05) is 11.4 Å². The molecule has 0 heterocycles. The molecule has 3 aromatic rings. The highest BCUT2D eigenvalue weighted by atomic mass is 32.1. The third kappa shape index (κ3) is 7.10. The molecule has 7 nitrogen and oxygen atoms in total. The molecule has 0 aliphatic rings. The topological polar surface area (TPSA) is 84.0 Å². The van der Waals surface area contributed by atoms with Crippen molar-refractivity contribution in [3.63, 3.8) is 0 Å². The van der Waals surface area contributed by atoms with E-state index in [1.807, 2.05) is 61.5 Å². The minimum absolute atomic E-state index is 0.140. The minimum atomic E-state index is -0.259. The largest absolute Gasteiger partial charge is 0.493 e. The number of carbonyl (C=O) groups is 1. The predicted molar refractivity (Wildman–Crippen MR) is 132 cm³/mol. The fourth-order valence-corrected chi connectivity index (χ4v) is 2.88. The van der Waals surface area contributed by atoms with Crippen molar-refractivity contribution in [1.29, 1.82) is 0 Å². The number of hydrogen-bond acceptors (Lipinski definition) is 5. The normalized spacial score (nSPS) is 10.4. The number of methoxy groups -OCH3 is 1. The van der Waals surface area contributed by atoms with E-state index in [-0.39, 0.29) is 12.5 Å². The Labute approximate surface area is 192 Å². The Morgan fingerprint density at radius 1 is 0.969 bits per heavy atom. The van der Waals surface area contributed by atoms with Gasteiger partial charge in [0.15, 0.2) is 23.2 Å². The number of thiocarbonyl (C=S) groups is 1. The highest BCUT2D eigenvalue weighted by Crippen LogP contribution is 2.27. The Bertz CT molecular complexity index is 1090. The summed E-state index contributed by atoms with van der Waals surface area (Å²) in [6, 6.07) is 22.4. The summed E-state index contributed by atoms with van der Waals surface area (Å²) in [6.45, 7) is 1.85. The number of amides is 1. The Balaban J connectivity index is 1.52. The summed E-state index contributed by atoms with van der Waals surface area (Å²) >= 11 is 5.21. The number of hydrogen-bond donors (Lipinski definition) is 3. The van der Waals surface area contributed by atoms with Crippen molar-refractivity contribution in [2.24, 2.45) is 5.10 Å². The molecule has 0 aliphatic carbocycles. The van der Waals surface area contributed by atoms with Crippen LogP contribution in [-0.4, -0.2) is 31.0 Å². The lowest BCUT2D eigenvalue weighted by Gasteiger charge is -2.11. The van der Waals surface area contributed by atoms with E-state index in [4.69, 9.17) is 21.7 Å². The molecule has 0 radical (unpaired) electrons. The monoisotopic (exact) mass is 448 g/mol. The van der Waals surface area contributed by atoms with Gasteiger partial charge < -0.3 is 20.1 Å². The van der Waals surface area contributed by atoms with Crippen LogP contribution in [0.3, 0.4) is 0 Å². The zero-order valence-electron chi connectivity index (χ0n) is 17.8. The van der Waals surface area contributed by atoms with Crippen molar-refractivity contribution in [2.45, 2.75) is 6.92 Å². The molecule has 1 amide bonds. The van der Waals surface area contributed by atoms with Crippen LogP contribution in [0.5, 0.6) is 11.5 Å². The number of carbonyl (C=O) groups excluding carboxylic acids is 1. The van der Waals surface area contributed by atoms with E-state index in [1.165, 1.54) is 7.11 Å². The average molecular weight is 449 g/mol. The van der Waals surface area contributed by atoms with Crippen LogP contribution in [0, 0.1) is 6.92 Å². The first-order valence-electron chi connectivity index (χ1n) is 9.86. The maximum absolute atomic E-state index is 12.1. The van der Waals surface area contributed by atoms with Gasteiger partial charge in [-0.1, -0.05) is 35.9 Å². The summed E-state index contributed by atoms with van der Waals surface area (Å²) in [7, 11) is 1.53. The number of para-hydroxylation sites is 1. The molecule has 32 heavy (non-hydrogen) atoms. The van der Waals surface area contributed by atoms with E-state index in [1.54, 1.807) is 24.4 Å². The molecule has 0 fully saturated rings. The van der Waals surface area contributed by atoms with Gasteiger partial charge in [0.25, 0.3) is 5.91 Å². The SMILES string of the molecule is COc1cc(/C=N\NC(=S)Nc2ccccc2)ccc1OCC(=O)Nc1ccc(C)cc1. The zero-order chi connectivity index (χ0) is 22.8. The molecule has 0 aromatic heterocycles. The summed E-state index contributed by atoms with van der Waals surface area (Å²) in [4.78, 5) is 12.1. The minimum Gasteiger partial charge on any atom is -0.493 e. The van der Waals surface area contributed by atoms with Gasteiger partial charge in [0.1, 0.15) is 0 Å². The molecule has 0 saturated heterocycles. The number of anilines is 2. The number of ether oxygens (including phenoxy) is 2. The first-order chi connectivity index (χ1) is 15.5. The molecule has 0 unspecified atom stereocenters. The molecule has 0 spiro atoms. The lowest BCUT2D eigenvalue weighted by molar-refractivity contribution is -0.118. The van der Waals surface area contributed by atoms with Gasteiger partial charge >= 0.3 is 0 Å². The lowest BCUT2D eigenvalue weighted by Crippen LogP contribution is -2.23. The Kier molecular flexibility index (Phi) is 8.16. The second-order valence-corrected chi connectivity index (χ2v) is 7.21. The smallest absolute Gasteiger partial charge is 0.262 e. The molecule has 0 aliphatic heterocycles. The van der Waals surface area contributed by atoms with Crippen LogP contribution < -0.4 is 25.5 Å². The van der Waals surface area contributed by atoms with Crippen LogP contribution in [-0.2, 0) is 4.79 Å². The van der Waals surface area contributed by atoms with Gasteiger partial charge in [-0.15, -0.1) is 0 Å². The summed E-state index contributed by atoms with van der Waals surface area (Å²) in [5.74, 6) is 0.685. The van der Waals surface area contributed by atoms with Crippen molar-refractivity contribution in [3.8, 4) is 11.5 Å². The number of hydrazone groups is 1. The number of nitrogens with zero attached hydrogens (tertiary/aromatic N) is 1. The molecule has 8 heteroatoms. The second kappa shape index (κ2) is 11.5. The summed E-state index contributed by atoms with van der Waals surface area (Å²) in [5, 5.41) is 10.3. The van der Waals surface area contributed by atoms with Crippen molar-refractivity contribution in [2.75, 3.05) is 24.4 Å². The molecule has 0 saturated carbocycles. The van der Waals surface area contributed by atoms with Crippen LogP contribution in [0.25, 0.3) is 0 Å². The molecule has 164 valence electrons. The number of benzene rings is 3. The van der Waals surface area contributed by atoms with E-state index < -0.39 is 0 Å². The quantitative estimate of drug-likeness (QED) is 0.270. The van der Waals surface area contributed by atoms with Gasteiger partial charge in [-0.2, -0.15) is 5.10 Å². The van der Waals surface area contributed by atoms with Gasteiger partial charge in [-0.3, -0.25) is 10.2 Å². The van der Waals surface area contributed by atoms with Gasteiger partial charge in [-0.25, -0.2) is 0 Å². The second-order valence-electron chi connectivity index (χ2n) is 6.80. The summed E-state index contributed by atoms with van der Waals surface area (Å²) in [6.07, 6.45) is 1.61. The van der Waals surface area contributed by atoms with Crippen molar-refractivity contribution in [3.05, 3.63) is 83.9 Å². The lowest BCUT2D eigenvalue weighted by atomic mass is 10.2. The van der Waals surface area contributed by atoms with E-state index in [2.05, 4.69) is 21.2 Å². The van der Waals surface area contributed by atoms with Crippen LogP contribution in [0.1, 0.15) is 11.1 Å². The number of aryl methyl sites for hydroxylation is 1. The van der Waals surface area contributed by atoms with Crippen LogP contribution in [0.2, 0.25) is 0 Å². The van der Waals surface area contributed by atoms with Gasteiger partial charge in [0.05, 0.1) is 13.3 Å². The van der Waals surface area contributed by atoms with Gasteiger partial charge in [0.2, 0.25) is 0 Å². The predicted octanol–water partition coefficient (Wildman–Crippen LogP) is 4.34. The highest BCUT2D eigenvalue weighted by molar-refractivity contribution is 7.80. The van der Waals surface area contributed by atoms with E-state index in [9.17, 15) is 4.79 Å². The molecule has 0 bridgehead atoms. The van der Waals surface area contributed by atoms with E-state index in [0.717, 1.165) is 22.5 Å². The van der Waals surface area contributed by atoms with Crippen LogP contribution >= 0.6 is 12.2 Å². The molecule has 3 N–H and O–H groups in total. The van der Waals surface area contributed by atoms with Crippen LogP contribution in [0.15, 0.2) is 77.9 Å². The molecular formula is C24H24N4O3S. The fourth-order valence-electron chi connectivity index (χ4n) is 2.71. The first-order valence-corrected chi connectivity index (χ1v) is 10.3. The zero-order valence-corrected chi connectivity index (χ0v) is 18.6. The third-order valence-electron chi connectivity index (χ3n) is 4.29. The Morgan fingerprint density at radius 3 is 2.41 bits per heavy atom. The standard InChI is InChI=1S/C24H24N4O3S/c1-17-8-11-20(12-9-17)26-23(29)16-31-21-13-10-18(14-22(21)30-2)15-25-28-24(32)27-19-6-4-3-5-7-19/h3-15H,16H2,1-2H3,(H,26,29)(H2,27,28,32)/b25-15-. The van der Waals surface area contributed by atoms with Crippen molar-refractivity contribution >= 4 is 40.8 Å². The fraction of sp³-hybridized carbons (Fsp3) is 0.125. The molecule has 3 aromatic carbocycles. The Hall–Kier alpha value is -3.91. The highest BCUT2D eigenvalue weighted by Gasteiger charge is 2.09. The molecule has 3 rings (SSSR count). The molecule has 0 atom stereocenters. The van der Waals surface area contributed by atoms with Gasteiger partial charge in [-0.05, 0) is 67.2 Å². The first kappa shape index (κ1) is 22.8. The average Bonchev–Trinajstić information content (AvgIpc) is 2.80.